The molecule has 4 aromatic rings. The Morgan fingerprint density at radius 1 is 1.21 bits per heavy atom. The molecule has 0 spiro atoms. The summed E-state index contributed by atoms with van der Waals surface area (Å²) in [6.07, 6.45) is 7.42. The highest BCUT2D eigenvalue weighted by Gasteiger charge is 2.24. The molecule has 1 fully saturated rings. The highest BCUT2D eigenvalue weighted by molar-refractivity contribution is 7.21. The number of aromatic nitrogens is 6. The first-order valence-corrected chi connectivity index (χ1v) is 10.4. The highest BCUT2D eigenvalue weighted by Crippen LogP contribution is 2.34. The summed E-state index contributed by atoms with van der Waals surface area (Å²) >= 11 is 1.56. The molecule has 5 heterocycles. The summed E-state index contributed by atoms with van der Waals surface area (Å²) in [7, 11) is 4.27. The van der Waals surface area contributed by atoms with E-state index in [0.717, 1.165) is 52.7 Å². The first-order valence-electron chi connectivity index (χ1n) is 9.55. The molecule has 9 nitrogen and oxygen atoms in total. The molecule has 0 atom stereocenters. The molecule has 4 aromatic heterocycles. The zero-order valence-electron chi connectivity index (χ0n) is 16.3. The third kappa shape index (κ3) is 3.34. The first-order chi connectivity index (χ1) is 14.1. The van der Waals surface area contributed by atoms with Crippen molar-refractivity contribution in [1.82, 2.24) is 35.0 Å². The summed E-state index contributed by atoms with van der Waals surface area (Å²) in [6, 6.07) is 2.17. The number of imidazole rings is 1. The molecule has 0 bridgehead atoms. The number of pyridine rings is 1. The molecule has 1 saturated heterocycles. The lowest BCUT2D eigenvalue weighted by Crippen LogP contribution is -2.41. The molecule has 0 saturated carbocycles. The Kier molecular flexibility index (Phi) is 4.44. The Morgan fingerprint density at radius 2 is 2.03 bits per heavy atom. The number of fused-ring (bicyclic) bond motifs is 1. The second-order valence-corrected chi connectivity index (χ2v) is 8.42. The number of nitrogens with one attached hydrogen (secondary N) is 2. The van der Waals surface area contributed by atoms with Gasteiger partial charge in [0, 0.05) is 36.6 Å². The van der Waals surface area contributed by atoms with Crippen LogP contribution in [0.15, 0.2) is 24.7 Å². The van der Waals surface area contributed by atoms with Crippen molar-refractivity contribution in [2.45, 2.75) is 18.9 Å². The normalized spacial score (nSPS) is 15.9. The van der Waals surface area contributed by atoms with Gasteiger partial charge in [-0.3, -0.25) is 5.10 Å². The van der Waals surface area contributed by atoms with Crippen LogP contribution in [0.5, 0.6) is 5.75 Å². The number of hydrogen-bond donors (Lipinski definition) is 3. The Labute approximate surface area is 171 Å². The maximum Gasteiger partial charge on any atom is 0.189 e. The van der Waals surface area contributed by atoms with Gasteiger partial charge >= 0.3 is 0 Å². The zero-order valence-corrected chi connectivity index (χ0v) is 17.1. The summed E-state index contributed by atoms with van der Waals surface area (Å²) in [5, 5.41) is 18.1. The van der Waals surface area contributed by atoms with E-state index in [1.165, 1.54) is 0 Å². The molecular formula is C19H22N8OS. The fraction of sp³-hybridized carbons (Fsp3) is 0.368. The SMILES string of the molecule is CN1CCC(N(C)c2nc3[nH]c(-c4ncc(-c5cn[nH]c5)cc4O)nc3s2)CC1. The maximum atomic E-state index is 10.5. The van der Waals surface area contributed by atoms with Crippen LogP contribution in [0.4, 0.5) is 5.13 Å². The van der Waals surface area contributed by atoms with Crippen LogP contribution in [0, 0.1) is 0 Å². The van der Waals surface area contributed by atoms with E-state index in [0.29, 0.717) is 17.6 Å². The van der Waals surface area contributed by atoms with Gasteiger partial charge in [-0.2, -0.15) is 5.10 Å². The Balaban J connectivity index is 1.39. The summed E-state index contributed by atoms with van der Waals surface area (Å²) < 4.78 is 0. The lowest BCUT2D eigenvalue weighted by atomic mass is 10.0. The number of H-pyrrole nitrogens is 2. The molecule has 0 aromatic carbocycles. The molecule has 0 radical (unpaired) electrons. The van der Waals surface area contributed by atoms with Crippen LogP contribution in [0.2, 0.25) is 0 Å². The molecule has 0 unspecified atom stereocenters. The number of thiazole rings is 1. The molecule has 0 aliphatic carbocycles. The van der Waals surface area contributed by atoms with Gasteiger partial charge in [0.25, 0.3) is 0 Å². The number of piperidine rings is 1. The minimum atomic E-state index is 0.0637. The number of likely N-dealkylation sites (tertiary alicyclic amines) is 1. The standard InChI is InChI=1S/C19H22N8OS/c1-26-5-3-13(4-6-26)27(2)19-25-17-18(29-19)24-16(23-17)15-14(28)7-11(8-20-15)12-9-21-22-10-12/h7-10,13,28H,3-6H2,1-2H3,(H,21,22)(H,23,24). The van der Waals surface area contributed by atoms with E-state index in [9.17, 15) is 5.11 Å². The summed E-state index contributed by atoms with van der Waals surface area (Å²) in [6.45, 7) is 2.22. The van der Waals surface area contributed by atoms with Gasteiger partial charge < -0.3 is 19.9 Å². The van der Waals surface area contributed by atoms with Crippen molar-refractivity contribution < 1.29 is 5.11 Å². The Hall–Kier alpha value is -2.98. The first kappa shape index (κ1) is 18.1. The third-order valence-electron chi connectivity index (χ3n) is 5.51. The van der Waals surface area contributed by atoms with Crippen LogP contribution >= 0.6 is 11.3 Å². The fourth-order valence-electron chi connectivity index (χ4n) is 3.70. The van der Waals surface area contributed by atoms with Gasteiger partial charge in [-0.15, -0.1) is 0 Å². The van der Waals surface area contributed by atoms with Crippen LogP contribution in [0.25, 0.3) is 33.1 Å². The van der Waals surface area contributed by atoms with Gasteiger partial charge in [-0.25, -0.2) is 15.0 Å². The van der Waals surface area contributed by atoms with E-state index in [1.54, 1.807) is 36.0 Å². The molecule has 150 valence electrons. The van der Waals surface area contributed by atoms with E-state index < -0.39 is 0 Å². The quantitative estimate of drug-likeness (QED) is 0.474. The summed E-state index contributed by atoms with van der Waals surface area (Å²) in [4.78, 5) is 22.4. The lowest BCUT2D eigenvalue weighted by Gasteiger charge is -2.34. The molecule has 29 heavy (non-hydrogen) atoms. The van der Waals surface area contributed by atoms with Crippen LogP contribution in [0.1, 0.15) is 12.8 Å². The van der Waals surface area contributed by atoms with E-state index in [1.807, 2.05) is 0 Å². The smallest absolute Gasteiger partial charge is 0.189 e. The Morgan fingerprint density at radius 3 is 2.72 bits per heavy atom. The largest absolute Gasteiger partial charge is 0.506 e. The van der Waals surface area contributed by atoms with E-state index in [-0.39, 0.29) is 5.75 Å². The number of anilines is 1. The van der Waals surface area contributed by atoms with Crippen molar-refractivity contribution in [3.8, 4) is 28.4 Å². The molecule has 10 heteroatoms. The van der Waals surface area contributed by atoms with Crippen LogP contribution in [-0.2, 0) is 0 Å². The third-order valence-corrected chi connectivity index (χ3v) is 6.55. The molecule has 5 rings (SSSR count). The number of aromatic hydroxyl groups is 1. The average molecular weight is 411 g/mol. The van der Waals surface area contributed by atoms with Crippen molar-refractivity contribution in [1.29, 1.82) is 0 Å². The predicted octanol–water partition coefficient (Wildman–Crippen LogP) is 2.71. The topological polar surface area (TPSA) is 110 Å². The maximum absolute atomic E-state index is 10.5. The fourth-order valence-corrected chi connectivity index (χ4v) is 4.64. The average Bonchev–Trinajstić information content (AvgIpc) is 3.44. The summed E-state index contributed by atoms with van der Waals surface area (Å²) in [5.41, 5.74) is 2.78. The molecule has 1 aliphatic heterocycles. The molecule has 1 aliphatic rings. The van der Waals surface area contributed by atoms with Gasteiger partial charge in [0.15, 0.2) is 21.4 Å². The van der Waals surface area contributed by atoms with Gasteiger partial charge in [0.2, 0.25) is 0 Å². The number of nitrogens with zero attached hydrogens (tertiary/aromatic N) is 6. The minimum absolute atomic E-state index is 0.0637. The lowest BCUT2D eigenvalue weighted by molar-refractivity contribution is 0.253. The van der Waals surface area contributed by atoms with Crippen molar-refractivity contribution in [3.63, 3.8) is 0 Å². The predicted molar refractivity (Wildman–Crippen MR) is 113 cm³/mol. The monoisotopic (exact) mass is 410 g/mol. The van der Waals surface area contributed by atoms with Gasteiger partial charge in [-0.05, 0) is 39.0 Å². The molecule has 3 N–H and O–H groups in total. The number of aromatic amines is 2. The van der Waals surface area contributed by atoms with Crippen LogP contribution < -0.4 is 4.90 Å². The van der Waals surface area contributed by atoms with E-state index >= 15 is 0 Å². The zero-order chi connectivity index (χ0) is 20.0. The van der Waals surface area contributed by atoms with Crippen LogP contribution in [-0.4, -0.2) is 73.4 Å². The van der Waals surface area contributed by atoms with Gasteiger partial charge in [0.05, 0.1) is 6.20 Å². The number of rotatable bonds is 4. The second-order valence-electron chi connectivity index (χ2n) is 7.46. The molecule has 0 amide bonds. The van der Waals surface area contributed by atoms with Crippen molar-refractivity contribution in [3.05, 3.63) is 24.7 Å². The summed E-state index contributed by atoms with van der Waals surface area (Å²) in [5.74, 6) is 0.581. The highest BCUT2D eigenvalue weighted by atomic mass is 32.1. The van der Waals surface area contributed by atoms with Gasteiger partial charge in [-0.1, -0.05) is 11.3 Å². The molecular weight excluding hydrogens is 388 g/mol. The minimum Gasteiger partial charge on any atom is -0.506 e. The van der Waals surface area contributed by atoms with Crippen molar-refractivity contribution in [2.24, 2.45) is 0 Å². The van der Waals surface area contributed by atoms with Crippen LogP contribution in [0.3, 0.4) is 0 Å². The Bertz CT molecular complexity index is 1100. The number of hydrogen-bond acceptors (Lipinski definition) is 8. The second kappa shape index (κ2) is 7.12. The van der Waals surface area contributed by atoms with E-state index in [4.69, 9.17) is 4.98 Å². The van der Waals surface area contributed by atoms with Crippen molar-refractivity contribution >= 4 is 26.9 Å². The van der Waals surface area contributed by atoms with Gasteiger partial charge in [0.1, 0.15) is 11.4 Å². The van der Waals surface area contributed by atoms with Crippen molar-refractivity contribution in [2.75, 3.05) is 32.1 Å². The van der Waals surface area contributed by atoms with E-state index in [2.05, 4.69) is 49.0 Å².